The van der Waals surface area contributed by atoms with Crippen molar-refractivity contribution < 1.29 is 0 Å². The van der Waals surface area contributed by atoms with E-state index < -0.39 is 0 Å². The van der Waals surface area contributed by atoms with E-state index in [-0.39, 0.29) is 0 Å². The fourth-order valence-electron chi connectivity index (χ4n) is 4.22. The molecule has 21 heavy (non-hydrogen) atoms. The summed E-state index contributed by atoms with van der Waals surface area (Å²) in [5.74, 6) is 3.43. The van der Waals surface area contributed by atoms with Gasteiger partial charge in [0.05, 0.1) is 0 Å². The number of nitrogens with zero attached hydrogens (tertiary/aromatic N) is 4. The molecule has 1 aromatic carbocycles. The van der Waals surface area contributed by atoms with Gasteiger partial charge in [-0.15, -0.1) is 5.10 Å². The van der Waals surface area contributed by atoms with Crippen LogP contribution in [0.2, 0.25) is 0 Å². The second-order valence-electron chi connectivity index (χ2n) is 6.69. The third-order valence-electron chi connectivity index (χ3n) is 5.33. The van der Waals surface area contributed by atoms with Gasteiger partial charge in [-0.3, -0.25) is 0 Å². The second-order valence-corrected chi connectivity index (χ2v) is 6.69. The Morgan fingerprint density at radius 2 is 2.19 bits per heavy atom. The summed E-state index contributed by atoms with van der Waals surface area (Å²) in [6, 6.07) is 5.92. The molecule has 3 atom stereocenters. The van der Waals surface area contributed by atoms with Gasteiger partial charge in [-0.2, -0.15) is 0 Å². The summed E-state index contributed by atoms with van der Waals surface area (Å²) in [5.41, 5.74) is 8.88. The molecule has 1 heterocycles. The van der Waals surface area contributed by atoms with Crippen LogP contribution in [0.3, 0.4) is 0 Å². The normalized spacial score (nSPS) is 27.4. The molecule has 2 N–H and O–H groups in total. The molecule has 2 aliphatic carbocycles. The number of rotatable bonds is 3. The van der Waals surface area contributed by atoms with E-state index in [0.717, 1.165) is 46.9 Å². The van der Waals surface area contributed by atoms with Crippen LogP contribution in [0, 0.1) is 24.7 Å². The molecule has 2 aliphatic rings. The quantitative estimate of drug-likeness (QED) is 0.879. The number of benzene rings is 1. The SMILES string of the molecule is Cc1ccc(N)cc1-c1nnnn1CC1CC2CCC1C2. The molecule has 5 heteroatoms. The highest BCUT2D eigenvalue weighted by atomic mass is 15.5. The Kier molecular flexibility index (Phi) is 2.94. The zero-order valence-corrected chi connectivity index (χ0v) is 12.4. The van der Waals surface area contributed by atoms with Crippen molar-refractivity contribution in [1.29, 1.82) is 0 Å². The molecule has 1 aromatic heterocycles. The smallest absolute Gasteiger partial charge is 0.182 e. The lowest BCUT2D eigenvalue weighted by molar-refractivity contribution is 0.284. The summed E-state index contributed by atoms with van der Waals surface area (Å²) in [5, 5.41) is 12.4. The topological polar surface area (TPSA) is 69.6 Å². The van der Waals surface area contributed by atoms with Crippen LogP contribution in [0.1, 0.15) is 31.2 Å². The molecular formula is C16H21N5. The van der Waals surface area contributed by atoms with Gasteiger partial charge in [-0.1, -0.05) is 12.5 Å². The van der Waals surface area contributed by atoms with Crippen LogP contribution in [0.4, 0.5) is 5.69 Å². The van der Waals surface area contributed by atoms with Crippen molar-refractivity contribution in [3.8, 4) is 11.4 Å². The highest BCUT2D eigenvalue weighted by Gasteiger charge is 2.39. The Bertz CT molecular complexity index is 662. The maximum Gasteiger partial charge on any atom is 0.182 e. The lowest BCUT2D eigenvalue weighted by Gasteiger charge is -2.21. The number of aryl methyl sites for hydroxylation is 1. The minimum Gasteiger partial charge on any atom is -0.399 e. The summed E-state index contributed by atoms with van der Waals surface area (Å²) in [7, 11) is 0. The van der Waals surface area contributed by atoms with E-state index in [4.69, 9.17) is 5.73 Å². The summed E-state index contributed by atoms with van der Waals surface area (Å²) in [4.78, 5) is 0. The number of hydrogen-bond acceptors (Lipinski definition) is 4. The minimum atomic E-state index is 0.743. The van der Waals surface area contributed by atoms with Crippen LogP contribution in [0.25, 0.3) is 11.4 Å². The monoisotopic (exact) mass is 283 g/mol. The van der Waals surface area contributed by atoms with E-state index in [1.165, 1.54) is 25.7 Å². The summed E-state index contributed by atoms with van der Waals surface area (Å²) in [6.45, 7) is 3.02. The van der Waals surface area contributed by atoms with Crippen molar-refractivity contribution in [2.24, 2.45) is 17.8 Å². The van der Waals surface area contributed by atoms with Gasteiger partial charge in [0.15, 0.2) is 5.82 Å². The van der Waals surface area contributed by atoms with Gasteiger partial charge >= 0.3 is 0 Å². The van der Waals surface area contributed by atoms with Gasteiger partial charge in [0.25, 0.3) is 0 Å². The van der Waals surface area contributed by atoms with Gasteiger partial charge in [-0.25, -0.2) is 4.68 Å². The molecule has 3 unspecified atom stereocenters. The average molecular weight is 283 g/mol. The molecule has 2 saturated carbocycles. The molecule has 5 nitrogen and oxygen atoms in total. The van der Waals surface area contributed by atoms with E-state index in [1.807, 2.05) is 22.9 Å². The molecule has 0 aliphatic heterocycles. The highest BCUT2D eigenvalue weighted by molar-refractivity contribution is 5.65. The van der Waals surface area contributed by atoms with Gasteiger partial charge in [0, 0.05) is 17.8 Å². The summed E-state index contributed by atoms with van der Waals surface area (Å²) >= 11 is 0. The van der Waals surface area contributed by atoms with Crippen molar-refractivity contribution in [2.75, 3.05) is 5.73 Å². The summed E-state index contributed by atoms with van der Waals surface area (Å²) in [6.07, 6.45) is 5.58. The molecule has 110 valence electrons. The first kappa shape index (κ1) is 12.8. The number of anilines is 1. The zero-order chi connectivity index (χ0) is 14.4. The zero-order valence-electron chi connectivity index (χ0n) is 12.4. The Hall–Kier alpha value is -1.91. The first-order valence-corrected chi connectivity index (χ1v) is 7.83. The van der Waals surface area contributed by atoms with Crippen molar-refractivity contribution >= 4 is 5.69 Å². The molecule has 4 rings (SSSR count). The molecule has 0 spiro atoms. The van der Waals surface area contributed by atoms with Crippen LogP contribution in [0.5, 0.6) is 0 Å². The fraction of sp³-hybridized carbons (Fsp3) is 0.562. The second kappa shape index (κ2) is 4.83. The van der Waals surface area contributed by atoms with Gasteiger partial charge in [0.1, 0.15) is 0 Å². The molecule has 0 radical (unpaired) electrons. The number of fused-ring (bicyclic) bond motifs is 2. The van der Waals surface area contributed by atoms with Crippen molar-refractivity contribution in [3.05, 3.63) is 23.8 Å². The van der Waals surface area contributed by atoms with E-state index in [1.54, 1.807) is 0 Å². The number of nitrogen functional groups attached to an aromatic ring is 1. The lowest BCUT2D eigenvalue weighted by Crippen LogP contribution is -2.19. The minimum absolute atomic E-state index is 0.743. The van der Waals surface area contributed by atoms with Crippen LogP contribution in [-0.4, -0.2) is 20.2 Å². The molecule has 2 fully saturated rings. The first-order valence-electron chi connectivity index (χ1n) is 7.83. The number of nitrogens with two attached hydrogens (primary N) is 1. The molecule has 0 amide bonds. The van der Waals surface area contributed by atoms with Crippen molar-refractivity contribution in [3.63, 3.8) is 0 Å². The molecule has 0 saturated heterocycles. The molecular weight excluding hydrogens is 262 g/mol. The largest absolute Gasteiger partial charge is 0.399 e. The van der Waals surface area contributed by atoms with Crippen LogP contribution >= 0.6 is 0 Å². The van der Waals surface area contributed by atoms with Crippen molar-refractivity contribution in [2.45, 2.75) is 39.2 Å². The van der Waals surface area contributed by atoms with Gasteiger partial charge < -0.3 is 5.73 Å². The van der Waals surface area contributed by atoms with E-state index in [2.05, 4.69) is 22.4 Å². The third kappa shape index (κ3) is 2.20. The standard InChI is InChI=1S/C16H21N5/c1-10-2-5-14(17)8-15(10)16-18-19-20-21(16)9-13-7-11-3-4-12(13)6-11/h2,5,8,11-13H,3-4,6-7,9,17H2,1H3. The maximum atomic E-state index is 5.92. The van der Waals surface area contributed by atoms with E-state index >= 15 is 0 Å². The Labute approximate surface area is 124 Å². The van der Waals surface area contributed by atoms with E-state index in [0.29, 0.717) is 0 Å². The third-order valence-corrected chi connectivity index (χ3v) is 5.33. The van der Waals surface area contributed by atoms with Crippen LogP contribution in [-0.2, 0) is 6.54 Å². The molecule has 2 aromatic rings. The van der Waals surface area contributed by atoms with E-state index in [9.17, 15) is 0 Å². The van der Waals surface area contributed by atoms with Gasteiger partial charge in [0.2, 0.25) is 0 Å². The summed E-state index contributed by atoms with van der Waals surface area (Å²) < 4.78 is 1.98. The highest BCUT2D eigenvalue weighted by Crippen LogP contribution is 2.48. The van der Waals surface area contributed by atoms with Gasteiger partial charge in [-0.05, 0) is 72.1 Å². The number of aromatic nitrogens is 4. The molecule has 2 bridgehead atoms. The Morgan fingerprint density at radius 3 is 2.95 bits per heavy atom. The van der Waals surface area contributed by atoms with Crippen LogP contribution in [0.15, 0.2) is 18.2 Å². The predicted molar refractivity (Wildman–Crippen MR) is 81.3 cm³/mol. The number of tetrazole rings is 1. The maximum absolute atomic E-state index is 5.92. The predicted octanol–water partition coefficient (Wildman–Crippen LogP) is 2.67. The lowest BCUT2D eigenvalue weighted by atomic mass is 9.89. The van der Waals surface area contributed by atoms with Crippen LogP contribution < -0.4 is 5.73 Å². The Morgan fingerprint density at radius 1 is 1.29 bits per heavy atom. The first-order chi connectivity index (χ1) is 10.2. The van der Waals surface area contributed by atoms with Crippen molar-refractivity contribution in [1.82, 2.24) is 20.2 Å². The fourth-order valence-corrected chi connectivity index (χ4v) is 4.22. The Balaban J connectivity index is 1.63. The average Bonchev–Trinajstić information content (AvgIpc) is 3.18. The number of hydrogen-bond donors (Lipinski definition) is 1.